The number of hydrogen-bond donors (Lipinski definition) is 1. The summed E-state index contributed by atoms with van der Waals surface area (Å²) in [6, 6.07) is 8.66. The second-order valence-corrected chi connectivity index (χ2v) is 6.38. The molecule has 2 aromatic rings. The predicted octanol–water partition coefficient (Wildman–Crippen LogP) is 4.00. The molecule has 0 aliphatic rings. The Morgan fingerprint density at radius 3 is 2.67 bits per heavy atom. The third-order valence-corrected chi connectivity index (χ3v) is 4.99. The Morgan fingerprint density at radius 1 is 1.33 bits per heavy atom. The number of rotatable bonds is 6. The van der Waals surface area contributed by atoms with E-state index in [1.54, 1.807) is 0 Å². The first kappa shape index (κ1) is 16.5. The van der Waals surface area contributed by atoms with Gasteiger partial charge in [0.2, 0.25) is 0 Å². The molecule has 1 aromatic heterocycles. The van der Waals surface area contributed by atoms with Crippen LogP contribution in [-0.2, 0) is 19.4 Å². The molecular formula is C16H21BrClN3. The minimum absolute atomic E-state index is 0.322. The Balaban J connectivity index is 2.18. The fraction of sp³-hybridized carbons (Fsp3) is 0.438. The summed E-state index contributed by atoms with van der Waals surface area (Å²) >= 11 is 10.0. The van der Waals surface area contributed by atoms with Gasteiger partial charge in [-0.25, -0.2) is 0 Å². The third-order valence-electron chi connectivity index (χ3n) is 3.72. The van der Waals surface area contributed by atoms with Gasteiger partial charge in [-0.1, -0.05) is 45.7 Å². The molecule has 0 aliphatic heterocycles. The van der Waals surface area contributed by atoms with Gasteiger partial charge < -0.3 is 5.32 Å². The molecule has 114 valence electrons. The van der Waals surface area contributed by atoms with Crippen LogP contribution in [0.5, 0.6) is 0 Å². The van der Waals surface area contributed by atoms with E-state index in [0.29, 0.717) is 6.04 Å². The zero-order chi connectivity index (χ0) is 15.4. The van der Waals surface area contributed by atoms with E-state index in [4.69, 9.17) is 11.6 Å². The zero-order valence-electron chi connectivity index (χ0n) is 12.7. The van der Waals surface area contributed by atoms with E-state index in [-0.39, 0.29) is 0 Å². The summed E-state index contributed by atoms with van der Waals surface area (Å²) in [4.78, 5) is 0. The van der Waals surface area contributed by atoms with Gasteiger partial charge in [0, 0.05) is 23.5 Å². The summed E-state index contributed by atoms with van der Waals surface area (Å²) in [6.45, 7) is 4.89. The van der Waals surface area contributed by atoms with Crippen molar-refractivity contribution in [3.63, 3.8) is 0 Å². The molecule has 0 aliphatic carbocycles. The fourth-order valence-electron chi connectivity index (χ4n) is 2.50. The highest BCUT2D eigenvalue weighted by atomic mass is 79.9. The fourth-order valence-corrected chi connectivity index (χ4v) is 3.16. The SMILES string of the molecule is CCn1nc(C)c(Cl)c1CC(Cc1ccccc1Br)NC. The van der Waals surface area contributed by atoms with Gasteiger partial charge >= 0.3 is 0 Å². The van der Waals surface area contributed by atoms with Crippen molar-refractivity contribution in [1.29, 1.82) is 0 Å². The molecule has 3 nitrogen and oxygen atoms in total. The van der Waals surface area contributed by atoms with Crippen LogP contribution in [0.1, 0.15) is 23.9 Å². The van der Waals surface area contributed by atoms with Gasteiger partial charge in [0.25, 0.3) is 0 Å². The average molecular weight is 371 g/mol. The first-order chi connectivity index (χ1) is 10.1. The normalized spacial score (nSPS) is 12.6. The molecule has 1 heterocycles. The first-order valence-electron chi connectivity index (χ1n) is 7.19. The minimum Gasteiger partial charge on any atom is -0.316 e. The molecule has 0 spiro atoms. The lowest BCUT2D eigenvalue weighted by Crippen LogP contribution is -2.31. The molecule has 1 atom stereocenters. The van der Waals surface area contributed by atoms with Gasteiger partial charge in [-0.15, -0.1) is 0 Å². The molecule has 0 bridgehead atoms. The Labute approximate surface area is 139 Å². The van der Waals surface area contributed by atoms with Gasteiger partial charge in [-0.05, 0) is 38.9 Å². The summed E-state index contributed by atoms with van der Waals surface area (Å²) in [5.74, 6) is 0. The van der Waals surface area contributed by atoms with Crippen molar-refractivity contribution < 1.29 is 0 Å². The Hall–Kier alpha value is -0.840. The van der Waals surface area contributed by atoms with Crippen LogP contribution in [0.3, 0.4) is 0 Å². The van der Waals surface area contributed by atoms with Crippen LogP contribution in [0.4, 0.5) is 0 Å². The van der Waals surface area contributed by atoms with E-state index in [1.807, 2.05) is 24.7 Å². The molecule has 0 amide bonds. The number of hydrogen-bond acceptors (Lipinski definition) is 2. The Morgan fingerprint density at radius 2 is 2.05 bits per heavy atom. The third kappa shape index (κ3) is 3.87. The summed E-state index contributed by atoms with van der Waals surface area (Å²) < 4.78 is 3.15. The highest BCUT2D eigenvalue weighted by molar-refractivity contribution is 9.10. The molecule has 5 heteroatoms. The number of benzene rings is 1. The number of likely N-dealkylation sites (N-methyl/N-ethyl adjacent to an activating group) is 1. The maximum Gasteiger partial charge on any atom is 0.0847 e. The van der Waals surface area contributed by atoms with Gasteiger partial charge in [-0.2, -0.15) is 5.10 Å². The maximum absolute atomic E-state index is 6.41. The van der Waals surface area contributed by atoms with Gasteiger partial charge in [0.1, 0.15) is 0 Å². The average Bonchev–Trinajstić information content (AvgIpc) is 2.76. The second-order valence-electron chi connectivity index (χ2n) is 5.15. The molecule has 1 N–H and O–H groups in total. The summed E-state index contributed by atoms with van der Waals surface area (Å²) in [5.41, 5.74) is 3.32. The van der Waals surface area contributed by atoms with Gasteiger partial charge in [-0.3, -0.25) is 4.68 Å². The Bertz CT molecular complexity index is 610. The maximum atomic E-state index is 6.41. The van der Waals surface area contributed by atoms with Gasteiger partial charge in [0.15, 0.2) is 0 Å². The number of aryl methyl sites for hydroxylation is 2. The lowest BCUT2D eigenvalue weighted by Gasteiger charge is -2.18. The molecule has 0 saturated carbocycles. The number of aromatic nitrogens is 2. The Kier molecular flexibility index (Phi) is 5.85. The highest BCUT2D eigenvalue weighted by Gasteiger charge is 2.18. The lowest BCUT2D eigenvalue weighted by atomic mass is 10.0. The van der Waals surface area contributed by atoms with Crippen molar-refractivity contribution in [2.24, 2.45) is 0 Å². The molecule has 1 aromatic carbocycles. The van der Waals surface area contributed by atoms with E-state index >= 15 is 0 Å². The number of nitrogens with one attached hydrogen (secondary N) is 1. The number of nitrogens with zero attached hydrogens (tertiary/aromatic N) is 2. The van der Waals surface area contributed by atoms with E-state index in [2.05, 4.69) is 51.5 Å². The van der Waals surface area contributed by atoms with E-state index in [9.17, 15) is 0 Å². The van der Waals surface area contributed by atoms with E-state index in [0.717, 1.165) is 40.3 Å². The molecule has 0 fully saturated rings. The van der Waals surface area contributed by atoms with Crippen LogP contribution in [0.25, 0.3) is 0 Å². The van der Waals surface area contributed by atoms with Crippen LogP contribution in [0.2, 0.25) is 5.02 Å². The number of halogens is 2. The monoisotopic (exact) mass is 369 g/mol. The van der Waals surface area contributed by atoms with Crippen molar-refractivity contribution in [1.82, 2.24) is 15.1 Å². The molecule has 0 saturated heterocycles. The predicted molar refractivity (Wildman–Crippen MR) is 92.0 cm³/mol. The van der Waals surface area contributed by atoms with E-state index < -0.39 is 0 Å². The minimum atomic E-state index is 0.322. The lowest BCUT2D eigenvalue weighted by molar-refractivity contribution is 0.519. The molecule has 0 radical (unpaired) electrons. The van der Waals surface area contributed by atoms with Crippen molar-refractivity contribution in [2.75, 3.05) is 7.05 Å². The van der Waals surface area contributed by atoms with Crippen LogP contribution >= 0.6 is 27.5 Å². The first-order valence-corrected chi connectivity index (χ1v) is 8.36. The van der Waals surface area contributed by atoms with Crippen LogP contribution in [0.15, 0.2) is 28.7 Å². The van der Waals surface area contributed by atoms with Crippen LogP contribution < -0.4 is 5.32 Å². The molecule has 21 heavy (non-hydrogen) atoms. The molecular weight excluding hydrogens is 350 g/mol. The molecule has 2 rings (SSSR count). The van der Waals surface area contributed by atoms with Crippen molar-refractivity contribution in [3.8, 4) is 0 Å². The van der Waals surface area contributed by atoms with Crippen molar-refractivity contribution in [3.05, 3.63) is 50.7 Å². The molecule has 1 unspecified atom stereocenters. The summed E-state index contributed by atoms with van der Waals surface area (Å²) in [6.07, 6.45) is 1.81. The van der Waals surface area contributed by atoms with E-state index in [1.165, 1.54) is 5.56 Å². The van der Waals surface area contributed by atoms with Gasteiger partial charge in [0.05, 0.1) is 16.4 Å². The van der Waals surface area contributed by atoms with Crippen molar-refractivity contribution >= 4 is 27.5 Å². The summed E-state index contributed by atoms with van der Waals surface area (Å²) in [5, 5.41) is 8.68. The van der Waals surface area contributed by atoms with Crippen LogP contribution in [-0.4, -0.2) is 22.9 Å². The summed E-state index contributed by atoms with van der Waals surface area (Å²) in [7, 11) is 1.99. The standard InChI is InChI=1S/C16H21BrClN3/c1-4-21-15(16(18)11(2)20-21)10-13(19-3)9-12-7-5-6-8-14(12)17/h5-8,13,19H,4,9-10H2,1-3H3. The zero-order valence-corrected chi connectivity index (χ0v) is 15.0. The second kappa shape index (κ2) is 7.43. The quantitative estimate of drug-likeness (QED) is 0.833. The topological polar surface area (TPSA) is 29.9 Å². The van der Waals surface area contributed by atoms with Crippen LogP contribution in [0, 0.1) is 6.92 Å². The van der Waals surface area contributed by atoms with Crippen molar-refractivity contribution in [2.45, 2.75) is 39.3 Å². The largest absolute Gasteiger partial charge is 0.316 e. The smallest absolute Gasteiger partial charge is 0.0847 e. The highest BCUT2D eigenvalue weighted by Crippen LogP contribution is 2.24.